The number of fused-ring (bicyclic) bond motifs is 1. The molecule has 1 aliphatic heterocycles. The third kappa shape index (κ3) is 3.54. The molecule has 3 rings (SSSR count). The van der Waals surface area contributed by atoms with Crippen molar-refractivity contribution in [1.29, 1.82) is 0 Å². The van der Waals surface area contributed by atoms with Crippen LogP contribution in [0, 0.1) is 6.92 Å². The van der Waals surface area contributed by atoms with E-state index in [0.717, 1.165) is 23.9 Å². The molecule has 2 heterocycles. The predicted octanol–water partition coefficient (Wildman–Crippen LogP) is 2.48. The molecule has 0 bridgehead atoms. The third-order valence-corrected chi connectivity index (χ3v) is 4.57. The Morgan fingerprint density at radius 1 is 1.32 bits per heavy atom. The van der Waals surface area contributed by atoms with Crippen molar-refractivity contribution in [2.45, 2.75) is 33.2 Å². The fraction of sp³-hybridized carbons (Fsp3) is 0.474. The van der Waals surface area contributed by atoms with E-state index in [4.69, 9.17) is 4.74 Å². The number of hydrogen-bond acceptors (Lipinski definition) is 5. The number of aromatic hydroxyl groups is 1. The number of hydrazone groups is 1. The number of hydrogen-bond donors (Lipinski definition) is 1. The standard InChI is InChI=1S/C19H25N3O3/c1-3-4-8-22-17-14(2)6-5-7-15(17)18(23)16(19(22)24)13-20-21-9-11-25-12-10-21/h5-7,13,23H,3-4,8-12H2,1-2H3/b20-13+. The highest BCUT2D eigenvalue weighted by molar-refractivity contribution is 5.96. The topological polar surface area (TPSA) is 67.1 Å². The van der Waals surface area contributed by atoms with E-state index in [2.05, 4.69) is 12.0 Å². The lowest BCUT2D eigenvalue weighted by molar-refractivity contribution is 0.0397. The van der Waals surface area contributed by atoms with Crippen LogP contribution in [0.25, 0.3) is 10.9 Å². The van der Waals surface area contributed by atoms with Gasteiger partial charge in [-0.05, 0) is 25.0 Å². The maximum absolute atomic E-state index is 13.0. The molecule has 1 N–H and O–H groups in total. The molecule has 0 saturated carbocycles. The number of rotatable bonds is 5. The van der Waals surface area contributed by atoms with E-state index in [1.807, 2.05) is 30.1 Å². The minimum atomic E-state index is -0.190. The Balaban J connectivity index is 2.11. The number of aryl methyl sites for hydroxylation is 2. The van der Waals surface area contributed by atoms with Crippen LogP contribution in [0.2, 0.25) is 0 Å². The fourth-order valence-electron chi connectivity index (χ4n) is 3.16. The quantitative estimate of drug-likeness (QED) is 0.847. The van der Waals surface area contributed by atoms with Crippen molar-refractivity contribution in [3.05, 3.63) is 39.7 Å². The Labute approximate surface area is 147 Å². The molecule has 1 aromatic carbocycles. The summed E-state index contributed by atoms with van der Waals surface area (Å²) in [5.41, 5.74) is 1.85. The lowest BCUT2D eigenvalue weighted by Gasteiger charge is -2.23. The number of aromatic nitrogens is 1. The van der Waals surface area contributed by atoms with Gasteiger partial charge in [0.25, 0.3) is 5.56 Å². The molecule has 0 unspecified atom stereocenters. The van der Waals surface area contributed by atoms with Gasteiger partial charge >= 0.3 is 0 Å². The van der Waals surface area contributed by atoms with E-state index in [1.165, 1.54) is 6.21 Å². The first-order chi connectivity index (χ1) is 12.1. The van der Waals surface area contributed by atoms with Gasteiger partial charge in [-0.25, -0.2) is 0 Å². The minimum absolute atomic E-state index is 0.00783. The molecule has 0 amide bonds. The number of benzene rings is 1. The van der Waals surface area contributed by atoms with Crippen LogP contribution in [0.5, 0.6) is 5.75 Å². The van der Waals surface area contributed by atoms with Gasteiger partial charge in [-0.15, -0.1) is 0 Å². The maximum Gasteiger partial charge on any atom is 0.263 e. The van der Waals surface area contributed by atoms with Crippen LogP contribution < -0.4 is 5.56 Å². The van der Waals surface area contributed by atoms with Crippen molar-refractivity contribution < 1.29 is 9.84 Å². The Hall–Kier alpha value is -2.34. The van der Waals surface area contributed by atoms with Crippen molar-refractivity contribution in [1.82, 2.24) is 9.58 Å². The average molecular weight is 343 g/mol. The molecule has 1 aromatic heterocycles. The van der Waals surface area contributed by atoms with Crippen molar-refractivity contribution in [2.24, 2.45) is 5.10 Å². The van der Waals surface area contributed by atoms with Gasteiger partial charge in [0.1, 0.15) is 11.3 Å². The molecular formula is C19H25N3O3. The molecule has 0 spiro atoms. The highest BCUT2D eigenvalue weighted by Gasteiger charge is 2.17. The van der Waals surface area contributed by atoms with E-state index in [1.54, 1.807) is 4.57 Å². The highest BCUT2D eigenvalue weighted by atomic mass is 16.5. The van der Waals surface area contributed by atoms with Gasteiger partial charge in [0, 0.05) is 11.9 Å². The van der Waals surface area contributed by atoms with Gasteiger partial charge < -0.3 is 14.4 Å². The van der Waals surface area contributed by atoms with Gasteiger partial charge in [0.2, 0.25) is 0 Å². The summed E-state index contributed by atoms with van der Waals surface area (Å²) in [5, 5.41) is 17.6. The van der Waals surface area contributed by atoms with Crippen LogP contribution >= 0.6 is 0 Å². The van der Waals surface area contributed by atoms with Gasteiger partial charge in [-0.2, -0.15) is 5.10 Å². The third-order valence-electron chi connectivity index (χ3n) is 4.57. The Kier molecular flexibility index (Phi) is 5.38. The number of morpholine rings is 1. The molecule has 134 valence electrons. The number of pyridine rings is 1. The average Bonchev–Trinajstić information content (AvgIpc) is 2.63. The molecule has 1 fully saturated rings. The molecule has 1 aliphatic rings. The second kappa shape index (κ2) is 7.70. The molecule has 6 nitrogen and oxygen atoms in total. The summed E-state index contributed by atoms with van der Waals surface area (Å²) in [4.78, 5) is 13.0. The van der Waals surface area contributed by atoms with Crippen molar-refractivity contribution in [3.63, 3.8) is 0 Å². The minimum Gasteiger partial charge on any atom is -0.506 e. The van der Waals surface area contributed by atoms with E-state index < -0.39 is 0 Å². The molecule has 25 heavy (non-hydrogen) atoms. The molecular weight excluding hydrogens is 318 g/mol. The summed E-state index contributed by atoms with van der Waals surface area (Å²) in [6.07, 6.45) is 3.40. The predicted molar refractivity (Wildman–Crippen MR) is 99.5 cm³/mol. The first-order valence-corrected chi connectivity index (χ1v) is 8.85. The molecule has 0 radical (unpaired) electrons. The molecule has 2 aromatic rings. The fourth-order valence-corrected chi connectivity index (χ4v) is 3.16. The van der Waals surface area contributed by atoms with Gasteiger partial charge in [-0.1, -0.05) is 25.5 Å². The first kappa shape index (κ1) is 17.5. The zero-order valence-corrected chi connectivity index (χ0v) is 14.9. The van der Waals surface area contributed by atoms with Gasteiger partial charge in [0.05, 0.1) is 38.0 Å². The Bertz CT molecular complexity index is 836. The van der Waals surface area contributed by atoms with Gasteiger partial charge in [0.15, 0.2) is 0 Å². The van der Waals surface area contributed by atoms with Crippen molar-refractivity contribution in [2.75, 3.05) is 26.3 Å². The summed E-state index contributed by atoms with van der Waals surface area (Å²) < 4.78 is 7.08. The molecule has 1 saturated heterocycles. The zero-order chi connectivity index (χ0) is 17.8. The monoisotopic (exact) mass is 343 g/mol. The number of unbranched alkanes of at least 4 members (excludes halogenated alkanes) is 1. The van der Waals surface area contributed by atoms with Crippen LogP contribution in [0.1, 0.15) is 30.9 Å². The first-order valence-electron chi connectivity index (χ1n) is 8.85. The number of para-hydroxylation sites is 1. The molecule has 0 aliphatic carbocycles. The van der Waals surface area contributed by atoms with Crippen LogP contribution in [0.3, 0.4) is 0 Å². The summed E-state index contributed by atoms with van der Waals surface area (Å²) in [6.45, 7) is 7.33. The summed E-state index contributed by atoms with van der Waals surface area (Å²) >= 11 is 0. The maximum atomic E-state index is 13.0. The molecule has 6 heteroatoms. The SMILES string of the molecule is CCCCn1c(=O)c(/C=N/N2CCOCC2)c(O)c2cccc(C)c21. The van der Waals surface area contributed by atoms with Crippen molar-refractivity contribution in [3.8, 4) is 5.75 Å². The lowest BCUT2D eigenvalue weighted by atomic mass is 10.1. The zero-order valence-electron chi connectivity index (χ0n) is 14.9. The second-order valence-electron chi connectivity index (χ2n) is 6.35. The lowest BCUT2D eigenvalue weighted by Crippen LogP contribution is -2.32. The van der Waals surface area contributed by atoms with E-state index in [9.17, 15) is 9.90 Å². The highest BCUT2D eigenvalue weighted by Crippen LogP contribution is 2.28. The largest absolute Gasteiger partial charge is 0.506 e. The summed E-state index contributed by atoms with van der Waals surface area (Å²) in [5.74, 6) is 0.00783. The summed E-state index contributed by atoms with van der Waals surface area (Å²) in [6, 6.07) is 5.71. The normalized spacial score (nSPS) is 15.4. The Morgan fingerprint density at radius 3 is 2.80 bits per heavy atom. The Morgan fingerprint density at radius 2 is 2.08 bits per heavy atom. The second-order valence-corrected chi connectivity index (χ2v) is 6.35. The van der Waals surface area contributed by atoms with Crippen LogP contribution in [-0.4, -0.2) is 47.2 Å². The van der Waals surface area contributed by atoms with E-state index >= 15 is 0 Å². The van der Waals surface area contributed by atoms with Gasteiger partial charge in [-0.3, -0.25) is 9.80 Å². The van der Waals surface area contributed by atoms with Crippen LogP contribution in [0.15, 0.2) is 28.1 Å². The van der Waals surface area contributed by atoms with Crippen molar-refractivity contribution >= 4 is 17.1 Å². The number of ether oxygens (including phenoxy) is 1. The molecule has 0 atom stereocenters. The smallest absolute Gasteiger partial charge is 0.263 e. The van der Waals surface area contributed by atoms with E-state index in [-0.39, 0.29) is 16.9 Å². The van der Waals surface area contributed by atoms with Crippen LogP contribution in [0.4, 0.5) is 0 Å². The number of nitrogens with zero attached hydrogens (tertiary/aromatic N) is 3. The summed E-state index contributed by atoms with van der Waals surface area (Å²) in [7, 11) is 0. The van der Waals surface area contributed by atoms with Crippen LogP contribution in [-0.2, 0) is 11.3 Å². The van der Waals surface area contributed by atoms with E-state index in [0.29, 0.717) is 38.2 Å².